The van der Waals surface area contributed by atoms with Crippen molar-refractivity contribution >= 4 is 0 Å². The van der Waals surface area contributed by atoms with Crippen LogP contribution in [0.4, 0.5) is 0 Å². The third-order valence-electron chi connectivity index (χ3n) is 3.41. The van der Waals surface area contributed by atoms with E-state index >= 15 is 0 Å². The molecule has 0 amide bonds. The molecule has 1 aromatic carbocycles. The minimum atomic E-state index is 0.390. The molecule has 0 aromatic heterocycles. The lowest BCUT2D eigenvalue weighted by molar-refractivity contribution is 0.123. The average Bonchev–Trinajstić information content (AvgIpc) is 2.59. The molecular formula is C15H24N2O. The lowest BCUT2D eigenvalue weighted by atomic mass is 9.99. The van der Waals surface area contributed by atoms with Crippen LogP contribution in [0, 0.1) is 0 Å². The minimum Gasteiger partial charge on any atom is -0.380 e. The molecule has 1 aromatic rings. The van der Waals surface area contributed by atoms with Crippen molar-refractivity contribution in [1.29, 1.82) is 0 Å². The molecule has 1 aliphatic heterocycles. The summed E-state index contributed by atoms with van der Waals surface area (Å²) in [5.74, 6) is 0. The van der Waals surface area contributed by atoms with Crippen molar-refractivity contribution in [3.05, 3.63) is 35.4 Å². The van der Waals surface area contributed by atoms with Crippen molar-refractivity contribution in [3.8, 4) is 0 Å². The zero-order chi connectivity index (χ0) is 12.8. The predicted molar refractivity (Wildman–Crippen MR) is 74.6 cm³/mol. The van der Waals surface area contributed by atoms with Crippen LogP contribution in [0.15, 0.2) is 24.3 Å². The Morgan fingerprint density at radius 1 is 1.44 bits per heavy atom. The van der Waals surface area contributed by atoms with E-state index in [-0.39, 0.29) is 0 Å². The third kappa shape index (κ3) is 3.55. The van der Waals surface area contributed by atoms with Crippen LogP contribution in [0.5, 0.6) is 0 Å². The molecule has 1 aliphatic rings. The molecule has 0 fully saturated rings. The lowest BCUT2D eigenvalue weighted by Gasteiger charge is -2.23. The topological polar surface area (TPSA) is 33.3 Å². The first-order valence-corrected chi connectivity index (χ1v) is 6.93. The second kappa shape index (κ2) is 6.88. The first-order chi connectivity index (χ1) is 8.81. The van der Waals surface area contributed by atoms with E-state index < -0.39 is 0 Å². The average molecular weight is 248 g/mol. The number of hydrogen-bond donors (Lipinski definition) is 2. The van der Waals surface area contributed by atoms with E-state index in [0.29, 0.717) is 12.1 Å². The fourth-order valence-electron chi connectivity index (χ4n) is 2.52. The van der Waals surface area contributed by atoms with Gasteiger partial charge in [-0.15, -0.1) is 0 Å². The Kier molecular flexibility index (Phi) is 5.17. The van der Waals surface area contributed by atoms with Gasteiger partial charge in [-0.1, -0.05) is 24.3 Å². The molecule has 3 heteroatoms. The predicted octanol–water partition coefficient (Wildman–Crippen LogP) is 2.24. The van der Waals surface area contributed by atoms with E-state index in [1.54, 1.807) is 0 Å². The number of nitrogens with one attached hydrogen (secondary N) is 2. The number of fused-ring (bicyclic) bond motifs is 1. The van der Waals surface area contributed by atoms with E-state index in [1.165, 1.54) is 11.1 Å². The van der Waals surface area contributed by atoms with Gasteiger partial charge in [0.05, 0.1) is 6.61 Å². The van der Waals surface area contributed by atoms with Gasteiger partial charge < -0.3 is 15.4 Å². The monoisotopic (exact) mass is 248 g/mol. The van der Waals surface area contributed by atoms with Gasteiger partial charge in [-0.3, -0.25) is 0 Å². The Balaban J connectivity index is 2.03. The standard InChI is InChI=1S/C15H24N2O/c1-3-18-11-12(2)17-15-8-9-16-10-13-6-4-5-7-14(13)15/h4-7,12,15-17H,3,8-11H2,1-2H3. The first-order valence-electron chi connectivity index (χ1n) is 6.93. The smallest absolute Gasteiger partial charge is 0.0616 e. The maximum atomic E-state index is 5.48. The summed E-state index contributed by atoms with van der Waals surface area (Å²) < 4.78 is 5.48. The van der Waals surface area contributed by atoms with E-state index in [0.717, 1.165) is 32.7 Å². The Bertz CT molecular complexity index is 367. The molecule has 0 saturated carbocycles. The molecule has 0 saturated heterocycles. The van der Waals surface area contributed by atoms with E-state index in [9.17, 15) is 0 Å². The minimum absolute atomic E-state index is 0.390. The summed E-state index contributed by atoms with van der Waals surface area (Å²) >= 11 is 0. The fraction of sp³-hybridized carbons (Fsp3) is 0.600. The number of rotatable bonds is 5. The molecule has 2 N–H and O–H groups in total. The van der Waals surface area contributed by atoms with Crippen LogP contribution in [0.3, 0.4) is 0 Å². The molecule has 2 unspecified atom stereocenters. The van der Waals surface area contributed by atoms with Crippen molar-refractivity contribution < 1.29 is 4.74 Å². The van der Waals surface area contributed by atoms with Crippen molar-refractivity contribution in [2.45, 2.75) is 38.9 Å². The molecule has 18 heavy (non-hydrogen) atoms. The van der Waals surface area contributed by atoms with Crippen LogP contribution in [0.2, 0.25) is 0 Å². The Hall–Kier alpha value is -0.900. The van der Waals surface area contributed by atoms with Crippen LogP contribution in [-0.2, 0) is 11.3 Å². The maximum Gasteiger partial charge on any atom is 0.0616 e. The summed E-state index contributed by atoms with van der Waals surface area (Å²) in [6.45, 7) is 7.84. The molecule has 2 atom stereocenters. The molecule has 0 spiro atoms. The van der Waals surface area contributed by atoms with Gasteiger partial charge in [0.1, 0.15) is 0 Å². The molecule has 0 radical (unpaired) electrons. The van der Waals surface area contributed by atoms with Crippen LogP contribution in [0.1, 0.15) is 37.4 Å². The summed E-state index contributed by atoms with van der Waals surface area (Å²) in [6.07, 6.45) is 1.13. The van der Waals surface area contributed by atoms with Crippen molar-refractivity contribution in [3.63, 3.8) is 0 Å². The van der Waals surface area contributed by atoms with E-state index in [4.69, 9.17) is 4.74 Å². The lowest BCUT2D eigenvalue weighted by Crippen LogP contribution is -2.34. The number of ether oxygens (including phenoxy) is 1. The van der Waals surface area contributed by atoms with Gasteiger partial charge in [0, 0.05) is 25.2 Å². The Morgan fingerprint density at radius 2 is 2.28 bits per heavy atom. The summed E-state index contributed by atoms with van der Waals surface area (Å²) in [6, 6.07) is 9.54. The highest BCUT2D eigenvalue weighted by Gasteiger charge is 2.19. The van der Waals surface area contributed by atoms with Crippen molar-refractivity contribution in [1.82, 2.24) is 10.6 Å². The zero-order valence-corrected chi connectivity index (χ0v) is 11.4. The van der Waals surface area contributed by atoms with Crippen molar-refractivity contribution in [2.24, 2.45) is 0 Å². The molecule has 0 aliphatic carbocycles. The van der Waals surface area contributed by atoms with Crippen LogP contribution in [0.25, 0.3) is 0 Å². The second-order valence-electron chi connectivity index (χ2n) is 4.94. The molecule has 3 nitrogen and oxygen atoms in total. The summed E-state index contributed by atoms with van der Waals surface area (Å²) in [5, 5.41) is 7.16. The van der Waals surface area contributed by atoms with Crippen LogP contribution >= 0.6 is 0 Å². The highest BCUT2D eigenvalue weighted by molar-refractivity contribution is 5.31. The molecular weight excluding hydrogens is 224 g/mol. The quantitative estimate of drug-likeness (QED) is 0.838. The highest BCUT2D eigenvalue weighted by Crippen LogP contribution is 2.23. The molecule has 0 bridgehead atoms. The zero-order valence-electron chi connectivity index (χ0n) is 11.4. The Morgan fingerprint density at radius 3 is 3.11 bits per heavy atom. The second-order valence-corrected chi connectivity index (χ2v) is 4.94. The van der Waals surface area contributed by atoms with Crippen LogP contribution in [-0.4, -0.2) is 25.8 Å². The van der Waals surface area contributed by atoms with E-state index in [2.05, 4.69) is 41.8 Å². The van der Waals surface area contributed by atoms with Crippen LogP contribution < -0.4 is 10.6 Å². The van der Waals surface area contributed by atoms with E-state index in [1.807, 2.05) is 6.92 Å². The van der Waals surface area contributed by atoms with Gasteiger partial charge in [-0.25, -0.2) is 0 Å². The summed E-state index contributed by atoms with van der Waals surface area (Å²) in [7, 11) is 0. The maximum absolute atomic E-state index is 5.48. The van der Waals surface area contributed by atoms with Crippen molar-refractivity contribution in [2.75, 3.05) is 19.8 Å². The van der Waals surface area contributed by atoms with Gasteiger partial charge in [-0.05, 0) is 37.9 Å². The Labute approximate surface area is 110 Å². The third-order valence-corrected chi connectivity index (χ3v) is 3.41. The summed E-state index contributed by atoms with van der Waals surface area (Å²) in [5.41, 5.74) is 2.85. The normalized spacial score (nSPS) is 21.1. The fourth-order valence-corrected chi connectivity index (χ4v) is 2.52. The number of benzene rings is 1. The van der Waals surface area contributed by atoms with Gasteiger partial charge in [0.15, 0.2) is 0 Å². The number of hydrogen-bond acceptors (Lipinski definition) is 3. The molecule has 2 rings (SSSR count). The molecule has 1 heterocycles. The highest BCUT2D eigenvalue weighted by atomic mass is 16.5. The van der Waals surface area contributed by atoms with Gasteiger partial charge in [-0.2, -0.15) is 0 Å². The van der Waals surface area contributed by atoms with Gasteiger partial charge in [0.2, 0.25) is 0 Å². The first kappa shape index (κ1) is 13.5. The SMILES string of the molecule is CCOCC(C)NC1CCNCc2ccccc21. The largest absolute Gasteiger partial charge is 0.380 e. The van der Waals surface area contributed by atoms with Gasteiger partial charge >= 0.3 is 0 Å². The summed E-state index contributed by atoms with van der Waals surface area (Å²) in [4.78, 5) is 0. The van der Waals surface area contributed by atoms with Gasteiger partial charge in [0.25, 0.3) is 0 Å². The molecule has 100 valence electrons.